The van der Waals surface area contributed by atoms with E-state index in [0.29, 0.717) is 22.5 Å². The lowest BCUT2D eigenvalue weighted by Gasteiger charge is -2.30. The number of furan rings is 1. The van der Waals surface area contributed by atoms with Gasteiger partial charge in [-0.1, -0.05) is 24.3 Å². The second-order valence-corrected chi connectivity index (χ2v) is 9.05. The van der Waals surface area contributed by atoms with Crippen LogP contribution < -0.4 is 5.32 Å². The summed E-state index contributed by atoms with van der Waals surface area (Å²) < 4.78 is 45.9. The maximum absolute atomic E-state index is 13.8. The molecule has 0 radical (unpaired) electrons. The summed E-state index contributed by atoms with van der Waals surface area (Å²) in [6.45, 7) is -0.430. The zero-order valence-corrected chi connectivity index (χ0v) is 21.5. The van der Waals surface area contributed by atoms with E-state index < -0.39 is 41.9 Å². The van der Waals surface area contributed by atoms with Crippen molar-refractivity contribution < 1.29 is 27.2 Å². The minimum atomic E-state index is -1.20. The fourth-order valence-corrected chi connectivity index (χ4v) is 4.14. The molecule has 5 aromatic rings. The van der Waals surface area contributed by atoms with Crippen molar-refractivity contribution in [2.24, 2.45) is 0 Å². The summed E-state index contributed by atoms with van der Waals surface area (Å²) in [4.78, 5) is 29.7. The maximum Gasteiger partial charge on any atom is 0.247 e. The predicted octanol–water partition coefficient (Wildman–Crippen LogP) is 4.44. The van der Waals surface area contributed by atoms with E-state index in [4.69, 9.17) is 4.42 Å². The number of carbonyl (C=O) groups is 2. The van der Waals surface area contributed by atoms with Crippen LogP contribution in [0.2, 0.25) is 0 Å². The van der Waals surface area contributed by atoms with E-state index in [2.05, 4.69) is 20.7 Å². The van der Waals surface area contributed by atoms with Gasteiger partial charge in [-0.25, -0.2) is 13.2 Å². The topological polar surface area (TPSA) is 106 Å². The van der Waals surface area contributed by atoms with Crippen molar-refractivity contribution in [1.29, 1.82) is 0 Å². The highest BCUT2D eigenvalue weighted by Gasteiger charge is 2.33. The minimum Gasteiger partial charge on any atom is -0.467 e. The Bertz CT molecular complexity index is 1610. The van der Waals surface area contributed by atoms with Gasteiger partial charge in [-0.05, 0) is 77.0 Å². The molecule has 0 fully saturated rings. The number of aromatic nitrogens is 4. The molecule has 0 aliphatic rings. The Morgan fingerprint density at radius 3 is 2.15 bits per heavy atom. The van der Waals surface area contributed by atoms with Gasteiger partial charge in [0.15, 0.2) is 0 Å². The van der Waals surface area contributed by atoms with Crippen molar-refractivity contribution in [1.82, 2.24) is 30.4 Å². The summed E-state index contributed by atoms with van der Waals surface area (Å²) in [5.74, 6) is -1.88. The zero-order chi connectivity index (χ0) is 28.8. The van der Waals surface area contributed by atoms with Crippen LogP contribution in [0.3, 0.4) is 0 Å². The number of amides is 2. The summed E-state index contributed by atoms with van der Waals surface area (Å²) in [5, 5.41) is 14.9. The second-order valence-electron chi connectivity index (χ2n) is 9.05. The van der Waals surface area contributed by atoms with Crippen molar-refractivity contribution in [3.8, 4) is 11.4 Å². The number of nitrogens with zero attached hydrogens (tertiary/aromatic N) is 5. The van der Waals surface area contributed by atoms with Crippen molar-refractivity contribution in [2.75, 3.05) is 0 Å². The van der Waals surface area contributed by atoms with E-state index in [-0.39, 0.29) is 18.9 Å². The van der Waals surface area contributed by atoms with E-state index in [1.54, 1.807) is 12.1 Å². The van der Waals surface area contributed by atoms with Crippen LogP contribution in [0.5, 0.6) is 0 Å². The van der Waals surface area contributed by atoms with Crippen LogP contribution in [0.1, 0.15) is 22.9 Å². The average Bonchev–Trinajstić information content (AvgIpc) is 3.66. The maximum atomic E-state index is 13.8. The zero-order valence-electron chi connectivity index (χ0n) is 21.5. The van der Waals surface area contributed by atoms with Crippen molar-refractivity contribution in [3.05, 3.63) is 126 Å². The molecule has 0 unspecified atom stereocenters. The highest BCUT2D eigenvalue weighted by atomic mass is 19.1. The lowest BCUT2D eigenvalue weighted by atomic mass is 10.0. The van der Waals surface area contributed by atoms with Crippen molar-refractivity contribution in [3.63, 3.8) is 0 Å². The molecule has 0 saturated carbocycles. The molecule has 0 spiro atoms. The van der Waals surface area contributed by atoms with Crippen LogP contribution in [-0.4, -0.2) is 36.9 Å². The molecule has 1 atom stereocenters. The Balaban J connectivity index is 1.43. The number of tetrazole rings is 1. The van der Waals surface area contributed by atoms with Gasteiger partial charge in [0, 0.05) is 12.1 Å². The summed E-state index contributed by atoms with van der Waals surface area (Å²) in [6, 6.07) is 18.4. The van der Waals surface area contributed by atoms with Crippen LogP contribution in [0.4, 0.5) is 13.2 Å². The molecule has 5 rings (SSSR count). The predicted molar refractivity (Wildman–Crippen MR) is 140 cm³/mol. The van der Waals surface area contributed by atoms with Gasteiger partial charge in [0.1, 0.15) is 35.8 Å². The van der Waals surface area contributed by atoms with Gasteiger partial charge in [0.25, 0.3) is 0 Å². The molecule has 0 bridgehead atoms. The number of rotatable bonds is 10. The largest absolute Gasteiger partial charge is 0.467 e. The third kappa shape index (κ3) is 6.85. The molecule has 1 N–H and O–H groups in total. The highest BCUT2D eigenvalue weighted by Crippen LogP contribution is 2.25. The molecule has 0 aliphatic carbocycles. The molecule has 3 aromatic carbocycles. The molecule has 9 nitrogen and oxygen atoms in total. The summed E-state index contributed by atoms with van der Waals surface area (Å²) in [7, 11) is 0. The van der Waals surface area contributed by atoms with E-state index in [0.717, 1.165) is 4.80 Å². The molecule has 2 heterocycles. The number of halogens is 3. The second kappa shape index (κ2) is 12.3. The van der Waals surface area contributed by atoms with Crippen LogP contribution in [0, 0.1) is 17.5 Å². The number of nitrogens with one attached hydrogen (secondary N) is 1. The Morgan fingerprint density at radius 1 is 0.878 bits per heavy atom. The van der Waals surface area contributed by atoms with Gasteiger partial charge in [-0.3, -0.25) is 9.59 Å². The molecule has 2 aromatic heterocycles. The lowest BCUT2D eigenvalue weighted by Crippen LogP contribution is -2.44. The summed E-state index contributed by atoms with van der Waals surface area (Å²) in [5.41, 5.74) is 1.49. The molecule has 0 saturated heterocycles. The third-order valence-corrected chi connectivity index (χ3v) is 6.18. The molecule has 0 aliphatic heterocycles. The highest BCUT2D eigenvalue weighted by molar-refractivity contribution is 5.88. The molecule has 41 heavy (non-hydrogen) atoms. The number of hydrogen-bond donors (Lipinski definition) is 1. The normalized spacial score (nSPS) is 11.7. The van der Waals surface area contributed by atoms with Gasteiger partial charge < -0.3 is 14.6 Å². The molecule has 208 valence electrons. The van der Waals surface area contributed by atoms with E-state index in [1.165, 1.54) is 84.0 Å². The lowest BCUT2D eigenvalue weighted by molar-refractivity contribution is -0.142. The molecular weight excluding hydrogens is 537 g/mol. The molecular formula is C29H23F3N6O3. The molecule has 2 amide bonds. The summed E-state index contributed by atoms with van der Waals surface area (Å²) in [6.07, 6.45) is 1.44. The van der Waals surface area contributed by atoms with Crippen LogP contribution in [-0.2, 0) is 29.2 Å². The number of hydrogen-bond acceptors (Lipinski definition) is 6. The van der Waals surface area contributed by atoms with E-state index in [9.17, 15) is 22.8 Å². The third-order valence-electron chi connectivity index (χ3n) is 6.18. The van der Waals surface area contributed by atoms with Crippen molar-refractivity contribution in [2.45, 2.75) is 25.7 Å². The smallest absolute Gasteiger partial charge is 0.247 e. The molecule has 12 heteroatoms. The first kappa shape index (κ1) is 27.3. The van der Waals surface area contributed by atoms with E-state index >= 15 is 0 Å². The van der Waals surface area contributed by atoms with Crippen LogP contribution >= 0.6 is 0 Å². The fraction of sp³-hybridized carbons (Fsp3) is 0.138. The Morgan fingerprint density at radius 2 is 1.51 bits per heavy atom. The Kier molecular flexibility index (Phi) is 8.18. The quantitative estimate of drug-likeness (QED) is 0.271. The first-order valence-corrected chi connectivity index (χ1v) is 12.5. The van der Waals surface area contributed by atoms with E-state index in [1.807, 2.05) is 0 Å². The monoisotopic (exact) mass is 560 g/mol. The minimum absolute atomic E-state index is 0.0608. The van der Waals surface area contributed by atoms with Gasteiger partial charge in [-0.15, -0.1) is 10.2 Å². The SMILES string of the molecule is O=C(NCc1ccc(F)cc1)[C@H](c1ccc(F)cc1)N(Cc1ccco1)C(=O)Cn1nnc(-c2ccc(F)cc2)n1. The fourth-order valence-electron chi connectivity index (χ4n) is 4.14. The van der Waals surface area contributed by atoms with Gasteiger partial charge in [0.05, 0.1) is 12.8 Å². The first-order valence-electron chi connectivity index (χ1n) is 12.5. The summed E-state index contributed by atoms with van der Waals surface area (Å²) >= 11 is 0. The van der Waals surface area contributed by atoms with Gasteiger partial charge in [-0.2, -0.15) is 4.80 Å². The first-order chi connectivity index (χ1) is 19.9. The van der Waals surface area contributed by atoms with Crippen molar-refractivity contribution >= 4 is 11.8 Å². The van der Waals surface area contributed by atoms with Crippen LogP contribution in [0.15, 0.2) is 95.6 Å². The Hall–Kier alpha value is -5.26. The number of benzene rings is 3. The standard InChI is InChI=1S/C29H23F3N6O3/c30-22-9-3-19(4-10-22)16-33-29(40)27(20-5-11-23(31)12-6-20)37(17-25-2-1-15-41-25)26(39)18-38-35-28(34-36-38)21-7-13-24(32)14-8-21/h1-15,27H,16-18H2,(H,33,40)/t27-/m0/s1. The van der Waals surface area contributed by atoms with Crippen LogP contribution in [0.25, 0.3) is 11.4 Å². The van der Waals surface area contributed by atoms with Gasteiger partial charge in [0.2, 0.25) is 17.6 Å². The number of carbonyl (C=O) groups excluding carboxylic acids is 2. The van der Waals surface area contributed by atoms with Gasteiger partial charge >= 0.3 is 0 Å². The Labute approximate surface area is 232 Å². The average molecular weight is 561 g/mol.